The van der Waals surface area contributed by atoms with E-state index >= 15 is 0 Å². The second kappa shape index (κ2) is 3.92. The van der Waals surface area contributed by atoms with Crippen molar-refractivity contribution in [3.05, 3.63) is 18.0 Å². The normalized spacial score (nSPS) is 12.0. The molecule has 1 rings (SSSR count). The molecule has 0 unspecified atom stereocenters. The van der Waals surface area contributed by atoms with Crippen LogP contribution in [0.3, 0.4) is 0 Å². The Morgan fingerprint density at radius 2 is 2.23 bits per heavy atom. The van der Waals surface area contributed by atoms with Crippen molar-refractivity contribution in [1.29, 1.82) is 0 Å². The molecule has 0 atom stereocenters. The van der Waals surface area contributed by atoms with Gasteiger partial charge in [0.05, 0.1) is 6.20 Å². The molecule has 0 aliphatic heterocycles. The second-order valence-corrected chi connectivity index (χ2v) is 4.39. The molecule has 0 radical (unpaired) electrons. The van der Waals surface area contributed by atoms with Gasteiger partial charge in [-0.3, -0.25) is 4.68 Å². The van der Waals surface area contributed by atoms with Crippen LogP contribution in [0.25, 0.3) is 0 Å². The molecule has 1 aromatic heterocycles. The minimum atomic E-state index is 0.303. The van der Waals surface area contributed by atoms with Crippen LogP contribution in [0, 0.1) is 5.41 Å². The van der Waals surface area contributed by atoms with E-state index in [1.165, 1.54) is 5.56 Å². The summed E-state index contributed by atoms with van der Waals surface area (Å²) >= 11 is 0. The summed E-state index contributed by atoms with van der Waals surface area (Å²) in [6.07, 6.45) is 5.09. The van der Waals surface area contributed by atoms with Crippen LogP contribution in [0.1, 0.15) is 19.4 Å². The highest BCUT2D eigenvalue weighted by atomic mass is 15.2. The van der Waals surface area contributed by atoms with Gasteiger partial charge < -0.3 is 5.32 Å². The average molecular weight is 181 g/mol. The summed E-state index contributed by atoms with van der Waals surface area (Å²) in [6, 6.07) is 0. The molecule has 0 amide bonds. The quantitative estimate of drug-likeness (QED) is 0.756. The first-order valence-corrected chi connectivity index (χ1v) is 4.66. The molecule has 3 heteroatoms. The molecular weight excluding hydrogens is 162 g/mol. The Morgan fingerprint density at radius 1 is 1.54 bits per heavy atom. The zero-order chi connectivity index (χ0) is 9.90. The van der Waals surface area contributed by atoms with E-state index in [0.29, 0.717) is 5.41 Å². The number of hydrogen-bond acceptors (Lipinski definition) is 2. The highest BCUT2D eigenvalue weighted by Gasteiger charge is 2.17. The Balaban J connectivity index is 2.57. The van der Waals surface area contributed by atoms with Gasteiger partial charge in [0, 0.05) is 19.8 Å². The topological polar surface area (TPSA) is 29.9 Å². The van der Waals surface area contributed by atoms with E-state index in [1.54, 1.807) is 0 Å². The van der Waals surface area contributed by atoms with E-state index in [-0.39, 0.29) is 0 Å². The van der Waals surface area contributed by atoms with E-state index < -0.39 is 0 Å². The molecule has 1 aromatic rings. The van der Waals surface area contributed by atoms with Crippen molar-refractivity contribution in [2.24, 2.45) is 12.5 Å². The molecule has 0 aromatic carbocycles. The Morgan fingerprint density at radius 3 is 2.69 bits per heavy atom. The van der Waals surface area contributed by atoms with Gasteiger partial charge in [0.2, 0.25) is 0 Å². The van der Waals surface area contributed by atoms with Gasteiger partial charge in [-0.05, 0) is 24.4 Å². The van der Waals surface area contributed by atoms with Gasteiger partial charge in [0.1, 0.15) is 0 Å². The van der Waals surface area contributed by atoms with Gasteiger partial charge in [-0.2, -0.15) is 5.10 Å². The Bertz CT molecular complexity index is 263. The average Bonchev–Trinajstić information content (AvgIpc) is 2.34. The molecule has 0 spiro atoms. The monoisotopic (exact) mass is 181 g/mol. The molecule has 13 heavy (non-hydrogen) atoms. The summed E-state index contributed by atoms with van der Waals surface area (Å²) in [4.78, 5) is 0. The largest absolute Gasteiger partial charge is 0.319 e. The van der Waals surface area contributed by atoms with E-state index in [1.807, 2.05) is 25.0 Å². The fourth-order valence-electron chi connectivity index (χ4n) is 1.66. The number of nitrogens with one attached hydrogen (secondary N) is 1. The van der Waals surface area contributed by atoms with Crippen LogP contribution in [0.5, 0.6) is 0 Å². The summed E-state index contributed by atoms with van der Waals surface area (Å²) in [5, 5.41) is 7.36. The van der Waals surface area contributed by atoms with Crippen molar-refractivity contribution in [1.82, 2.24) is 15.1 Å². The maximum Gasteiger partial charge on any atom is 0.0521 e. The molecule has 0 saturated carbocycles. The zero-order valence-electron chi connectivity index (χ0n) is 8.96. The van der Waals surface area contributed by atoms with Gasteiger partial charge >= 0.3 is 0 Å². The molecule has 0 aliphatic rings. The van der Waals surface area contributed by atoms with Crippen molar-refractivity contribution in [3.8, 4) is 0 Å². The predicted octanol–water partition coefficient (Wildman–Crippen LogP) is 1.21. The molecular formula is C10H19N3. The van der Waals surface area contributed by atoms with Crippen molar-refractivity contribution in [3.63, 3.8) is 0 Å². The second-order valence-electron chi connectivity index (χ2n) is 4.39. The molecule has 0 saturated heterocycles. The first kappa shape index (κ1) is 10.3. The van der Waals surface area contributed by atoms with Crippen LogP contribution in [0.15, 0.2) is 12.4 Å². The minimum Gasteiger partial charge on any atom is -0.319 e. The standard InChI is InChI=1S/C10H19N3/c1-10(2,8-11-3)5-9-6-12-13(4)7-9/h6-7,11H,5,8H2,1-4H3. The van der Waals surface area contributed by atoms with E-state index in [4.69, 9.17) is 0 Å². The van der Waals surface area contributed by atoms with Crippen LogP contribution < -0.4 is 5.32 Å². The highest BCUT2D eigenvalue weighted by molar-refractivity contribution is 5.06. The molecule has 0 aliphatic carbocycles. The maximum atomic E-state index is 4.16. The zero-order valence-corrected chi connectivity index (χ0v) is 8.96. The van der Waals surface area contributed by atoms with Gasteiger partial charge in [-0.25, -0.2) is 0 Å². The Kier molecular flexibility index (Phi) is 3.09. The van der Waals surface area contributed by atoms with Crippen LogP contribution in [0.2, 0.25) is 0 Å². The molecule has 1 N–H and O–H groups in total. The number of rotatable bonds is 4. The fourth-order valence-corrected chi connectivity index (χ4v) is 1.66. The smallest absolute Gasteiger partial charge is 0.0521 e. The summed E-state index contributed by atoms with van der Waals surface area (Å²) in [6.45, 7) is 5.55. The third kappa shape index (κ3) is 3.19. The first-order chi connectivity index (χ1) is 6.03. The molecule has 0 bridgehead atoms. The summed E-state index contributed by atoms with van der Waals surface area (Å²) in [5.74, 6) is 0. The van der Waals surface area contributed by atoms with E-state index in [0.717, 1.165) is 13.0 Å². The molecule has 74 valence electrons. The minimum absolute atomic E-state index is 0.303. The summed E-state index contributed by atoms with van der Waals surface area (Å²) < 4.78 is 1.85. The first-order valence-electron chi connectivity index (χ1n) is 4.66. The van der Waals surface area contributed by atoms with Crippen LogP contribution in [-0.4, -0.2) is 23.4 Å². The van der Waals surface area contributed by atoms with E-state index in [9.17, 15) is 0 Å². The Labute approximate surface area is 80.1 Å². The summed E-state index contributed by atoms with van der Waals surface area (Å²) in [7, 11) is 3.94. The van der Waals surface area contributed by atoms with Gasteiger partial charge in [0.25, 0.3) is 0 Å². The lowest BCUT2D eigenvalue weighted by atomic mass is 9.87. The van der Waals surface area contributed by atoms with Gasteiger partial charge in [-0.1, -0.05) is 13.8 Å². The highest BCUT2D eigenvalue weighted by Crippen LogP contribution is 2.19. The van der Waals surface area contributed by atoms with Crippen molar-refractivity contribution in [2.75, 3.05) is 13.6 Å². The fraction of sp³-hybridized carbons (Fsp3) is 0.700. The lowest BCUT2D eigenvalue weighted by Crippen LogP contribution is -2.28. The maximum absolute atomic E-state index is 4.16. The van der Waals surface area contributed by atoms with Crippen molar-refractivity contribution in [2.45, 2.75) is 20.3 Å². The number of aryl methyl sites for hydroxylation is 1. The molecule has 0 fully saturated rings. The molecule has 1 heterocycles. The summed E-state index contributed by atoms with van der Waals surface area (Å²) in [5.41, 5.74) is 1.61. The lowest BCUT2D eigenvalue weighted by molar-refractivity contribution is 0.350. The van der Waals surface area contributed by atoms with Crippen LogP contribution in [-0.2, 0) is 13.5 Å². The molecule has 3 nitrogen and oxygen atoms in total. The van der Waals surface area contributed by atoms with Gasteiger partial charge in [0.15, 0.2) is 0 Å². The van der Waals surface area contributed by atoms with Crippen molar-refractivity contribution >= 4 is 0 Å². The third-order valence-corrected chi connectivity index (χ3v) is 2.10. The van der Waals surface area contributed by atoms with Crippen LogP contribution in [0.4, 0.5) is 0 Å². The van der Waals surface area contributed by atoms with E-state index in [2.05, 4.69) is 30.5 Å². The van der Waals surface area contributed by atoms with Crippen LogP contribution >= 0.6 is 0 Å². The lowest BCUT2D eigenvalue weighted by Gasteiger charge is -2.23. The Hall–Kier alpha value is -0.830. The van der Waals surface area contributed by atoms with Crippen molar-refractivity contribution < 1.29 is 0 Å². The van der Waals surface area contributed by atoms with Gasteiger partial charge in [-0.15, -0.1) is 0 Å². The number of aromatic nitrogens is 2. The number of nitrogens with zero attached hydrogens (tertiary/aromatic N) is 2. The third-order valence-electron chi connectivity index (χ3n) is 2.10. The SMILES string of the molecule is CNCC(C)(C)Cc1cnn(C)c1. The number of hydrogen-bond donors (Lipinski definition) is 1. The predicted molar refractivity (Wildman–Crippen MR) is 54.6 cm³/mol.